The zero-order valence-electron chi connectivity index (χ0n) is 15.2. The molecule has 2 aromatic carbocycles. The normalized spacial score (nSPS) is 19.2. The number of carbonyl (C=O) groups is 3. The first-order valence-electron chi connectivity index (χ1n) is 8.34. The van der Waals surface area contributed by atoms with E-state index in [4.69, 9.17) is 4.74 Å². The van der Waals surface area contributed by atoms with Crippen LogP contribution < -0.4 is 10.1 Å². The van der Waals surface area contributed by atoms with Crippen LogP contribution >= 0.6 is 0 Å². The number of nitrogens with one attached hydrogen (secondary N) is 1. The summed E-state index contributed by atoms with van der Waals surface area (Å²) in [7, 11) is 1.32. The van der Waals surface area contributed by atoms with Crippen molar-refractivity contribution in [2.45, 2.75) is 19.4 Å². The van der Waals surface area contributed by atoms with Crippen LogP contribution in [-0.2, 0) is 10.3 Å². The Morgan fingerprint density at radius 1 is 1.19 bits per heavy atom. The fourth-order valence-corrected chi connectivity index (χ4v) is 3.00. The molecule has 3 amide bonds. The van der Waals surface area contributed by atoms with Crippen molar-refractivity contribution in [1.29, 1.82) is 0 Å². The van der Waals surface area contributed by atoms with E-state index in [1.807, 2.05) is 19.1 Å². The molecule has 1 fully saturated rings. The molecule has 1 aliphatic heterocycles. The van der Waals surface area contributed by atoms with Gasteiger partial charge in [0.25, 0.3) is 5.91 Å². The molecule has 3 rings (SSSR count). The van der Waals surface area contributed by atoms with Gasteiger partial charge in [0.2, 0.25) is 0 Å². The van der Waals surface area contributed by atoms with Gasteiger partial charge >= 0.3 is 6.03 Å². The van der Waals surface area contributed by atoms with E-state index in [1.165, 1.54) is 19.2 Å². The summed E-state index contributed by atoms with van der Waals surface area (Å²) in [5.41, 5.74) is 0.443. The van der Waals surface area contributed by atoms with E-state index in [1.54, 1.807) is 19.1 Å². The van der Waals surface area contributed by atoms with Crippen molar-refractivity contribution in [3.8, 4) is 5.75 Å². The van der Waals surface area contributed by atoms with Crippen LogP contribution in [0.3, 0.4) is 0 Å². The number of aryl methyl sites for hydroxylation is 1. The molecule has 27 heavy (non-hydrogen) atoms. The van der Waals surface area contributed by atoms with Crippen LogP contribution in [0.2, 0.25) is 0 Å². The molecule has 0 bridgehead atoms. The van der Waals surface area contributed by atoms with Gasteiger partial charge in [0.15, 0.2) is 17.3 Å². The number of rotatable bonds is 5. The number of nitrogens with zero attached hydrogens (tertiary/aromatic N) is 1. The minimum absolute atomic E-state index is 0.00786. The summed E-state index contributed by atoms with van der Waals surface area (Å²) in [5, 5.41) is 2.64. The predicted molar refractivity (Wildman–Crippen MR) is 96.1 cm³/mol. The fraction of sp³-hybridized carbons (Fsp3) is 0.250. The van der Waals surface area contributed by atoms with Gasteiger partial charge in [-0.05, 0) is 37.6 Å². The Morgan fingerprint density at radius 2 is 1.85 bits per heavy atom. The maximum atomic E-state index is 13.8. The highest BCUT2D eigenvalue weighted by molar-refractivity contribution is 6.11. The van der Waals surface area contributed by atoms with Gasteiger partial charge in [-0.2, -0.15) is 0 Å². The lowest BCUT2D eigenvalue weighted by atomic mass is 9.91. The van der Waals surface area contributed by atoms with Crippen LogP contribution in [-0.4, -0.2) is 36.3 Å². The second-order valence-electron chi connectivity index (χ2n) is 6.58. The molecular formula is C20H19FN2O4. The molecule has 1 heterocycles. The van der Waals surface area contributed by atoms with Gasteiger partial charge in [-0.25, -0.2) is 9.18 Å². The van der Waals surface area contributed by atoms with Gasteiger partial charge in [-0.1, -0.05) is 29.8 Å². The second-order valence-corrected chi connectivity index (χ2v) is 6.58. The second kappa shape index (κ2) is 6.83. The molecule has 1 saturated heterocycles. The molecule has 0 spiro atoms. The van der Waals surface area contributed by atoms with Crippen molar-refractivity contribution < 1.29 is 23.5 Å². The molecule has 0 saturated carbocycles. The summed E-state index contributed by atoms with van der Waals surface area (Å²) < 4.78 is 18.6. The standard InChI is InChI=1S/C20H19FN2O4/c1-12-4-7-14(8-5-12)20(2)18(25)23(19(26)22-20)11-16(24)13-6-9-17(27-3)15(21)10-13/h4-10H,11H2,1-3H3,(H,22,26)/t20-/m0/s1. The Kier molecular flexibility index (Phi) is 4.70. The summed E-state index contributed by atoms with van der Waals surface area (Å²) in [5.74, 6) is -1.76. The summed E-state index contributed by atoms with van der Waals surface area (Å²) in [6.45, 7) is 3.04. The maximum Gasteiger partial charge on any atom is 0.325 e. The van der Waals surface area contributed by atoms with Crippen molar-refractivity contribution in [2.24, 2.45) is 0 Å². The van der Waals surface area contributed by atoms with Crippen LogP contribution in [0.25, 0.3) is 0 Å². The zero-order valence-corrected chi connectivity index (χ0v) is 15.2. The number of urea groups is 1. The molecule has 0 radical (unpaired) electrons. The molecular weight excluding hydrogens is 351 g/mol. The number of carbonyl (C=O) groups excluding carboxylic acids is 3. The van der Waals surface area contributed by atoms with Crippen molar-refractivity contribution in [2.75, 3.05) is 13.7 Å². The largest absolute Gasteiger partial charge is 0.494 e. The van der Waals surface area contributed by atoms with E-state index >= 15 is 0 Å². The van der Waals surface area contributed by atoms with Crippen LogP contribution in [0.5, 0.6) is 5.75 Å². The predicted octanol–water partition coefficient (Wildman–Crippen LogP) is 2.79. The van der Waals surface area contributed by atoms with Gasteiger partial charge in [-0.3, -0.25) is 14.5 Å². The molecule has 0 aliphatic carbocycles. The summed E-state index contributed by atoms with van der Waals surface area (Å²) in [6, 6.07) is 10.3. The van der Waals surface area contributed by atoms with E-state index in [0.29, 0.717) is 5.56 Å². The zero-order chi connectivity index (χ0) is 19.8. The first-order valence-corrected chi connectivity index (χ1v) is 8.34. The number of ether oxygens (including phenoxy) is 1. The lowest BCUT2D eigenvalue weighted by Gasteiger charge is -2.22. The van der Waals surface area contributed by atoms with Crippen LogP contribution in [0.15, 0.2) is 42.5 Å². The minimum Gasteiger partial charge on any atom is -0.494 e. The molecule has 1 atom stereocenters. The van der Waals surface area contributed by atoms with Crippen molar-refractivity contribution >= 4 is 17.7 Å². The van der Waals surface area contributed by atoms with Crippen LogP contribution in [0.4, 0.5) is 9.18 Å². The Hall–Kier alpha value is -3.22. The lowest BCUT2D eigenvalue weighted by molar-refractivity contribution is -0.130. The number of Topliss-reactive ketones (excluding diaryl/α,β-unsaturated/α-hetero) is 1. The van der Waals surface area contributed by atoms with E-state index in [-0.39, 0.29) is 11.3 Å². The van der Waals surface area contributed by atoms with Gasteiger partial charge in [0.1, 0.15) is 5.54 Å². The number of imide groups is 1. The molecule has 2 aromatic rings. The molecule has 1 aliphatic rings. The van der Waals surface area contributed by atoms with E-state index in [0.717, 1.165) is 16.5 Å². The molecule has 6 nitrogen and oxygen atoms in total. The molecule has 7 heteroatoms. The summed E-state index contributed by atoms with van der Waals surface area (Å²) in [4.78, 5) is 38.5. The number of benzene rings is 2. The first kappa shape index (κ1) is 18.6. The SMILES string of the molecule is COc1ccc(C(=O)CN2C(=O)N[C@@](C)(c3ccc(C)cc3)C2=O)cc1F. The van der Waals surface area contributed by atoms with Gasteiger partial charge in [0.05, 0.1) is 13.7 Å². The van der Waals surface area contributed by atoms with Crippen molar-refractivity contribution in [3.05, 3.63) is 65.0 Å². The Balaban J connectivity index is 1.82. The highest BCUT2D eigenvalue weighted by Crippen LogP contribution is 2.29. The molecule has 0 unspecified atom stereocenters. The topological polar surface area (TPSA) is 75.7 Å². The average Bonchev–Trinajstić information content (AvgIpc) is 2.86. The smallest absolute Gasteiger partial charge is 0.325 e. The molecule has 0 aromatic heterocycles. The molecule has 140 valence electrons. The Bertz CT molecular complexity index is 926. The number of hydrogen-bond donors (Lipinski definition) is 1. The molecule has 1 N–H and O–H groups in total. The third kappa shape index (κ3) is 3.28. The highest BCUT2D eigenvalue weighted by atomic mass is 19.1. The maximum absolute atomic E-state index is 13.8. The number of methoxy groups -OCH3 is 1. The fourth-order valence-electron chi connectivity index (χ4n) is 3.00. The van der Waals surface area contributed by atoms with Crippen LogP contribution in [0.1, 0.15) is 28.4 Å². The summed E-state index contributed by atoms with van der Waals surface area (Å²) >= 11 is 0. The number of halogens is 1. The number of amides is 3. The number of hydrogen-bond acceptors (Lipinski definition) is 4. The van der Waals surface area contributed by atoms with Gasteiger partial charge in [0, 0.05) is 5.56 Å². The minimum atomic E-state index is -1.25. The summed E-state index contributed by atoms with van der Waals surface area (Å²) in [6.07, 6.45) is 0. The Morgan fingerprint density at radius 3 is 2.44 bits per heavy atom. The van der Waals surface area contributed by atoms with Crippen LogP contribution in [0, 0.1) is 12.7 Å². The van der Waals surface area contributed by atoms with Crippen molar-refractivity contribution in [3.63, 3.8) is 0 Å². The first-order chi connectivity index (χ1) is 12.8. The quantitative estimate of drug-likeness (QED) is 0.649. The van der Waals surface area contributed by atoms with Gasteiger partial charge < -0.3 is 10.1 Å². The van der Waals surface area contributed by atoms with Gasteiger partial charge in [-0.15, -0.1) is 0 Å². The number of ketones is 1. The van der Waals surface area contributed by atoms with Crippen molar-refractivity contribution in [1.82, 2.24) is 10.2 Å². The van der Waals surface area contributed by atoms with E-state index in [2.05, 4.69) is 5.32 Å². The Labute approximate surface area is 155 Å². The lowest BCUT2D eigenvalue weighted by Crippen LogP contribution is -2.41. The van der Waals surface area contributed by atoms with E-state index < -0.39 is 35.6 Å². The monoisotopic (exact) mass is 370 g/mol. The third-order valence-corrected chi connectivity index (χ3v) is 4.68. The van der Waals surface area contributed by atoms with E-state index in [9.17, 15) is 18.8 Å². The third-order valence-electron chi connectivity index (χ3n) is 4.68. The highest BCUT2D eigenvalue weighted by Gasteiger charge is 2.49. The average molecular weight is 370 g/mol.